The number of likely N-dealkylation sites (tertiary alicyclic amines) is 1. The number of halogens is 2. The predicted octanol–water partition coefficient (Wildman–Crippen LogP) is 3.17. The first-order valence-electron chi connectivity index (χ1n) is 6.44. The number of benzene rings is 1. The van der Waals surface area contributed by atoms with Crippen LogP contribution in [0.3, 0.4) is 0 Å². The van der Waals surface area contributed by atoms with Crippen molar-refractivity contribution in [2.45, 2.75) is 25.2 Å². The monoisotopic (exact) mass is 315 g/mol. The zero-order valence-corrected chi connectivity index (χ0v) is 12.3. The highest BCUT2D eigenvalue weighted by Crippen LogP contribution is 2.30. The fourth-order valence-corrected chi connectivity index (χ4v) is 2.92. The van der Waals surface area contributed by atoms with Crippen LogP contribution in [0.2, 0.25) is 10.0 Å². The summed E-state index contributed by atoms with van der Waals surface area (Å²) < 4.78 is 0. The fraction of sp³-hybridized carbons (Fsp3) is 0.429. The number of carbonyl (C=O) groups is 2. The molecule has 1 amide bonds. The van der Waals surface area contributed by atoms with Gasteiger partial charge in [0.25, 0.3) is 0 Å². The molecule has 1 heterocycles. The summed E-state index contributed by atoms with van der Waals surface area (Å²) in [4.78, 5) is 25.2. The third kappa shape index (κ3) is 3.44. The van der Waals surface area contributed by atoms with Crippen LogP contribution >= 0.6 is 23.2 Å². The highest BCUT2D eigenvalue weighted by molar-refractivity contribution is 6.35. The molecule has 1 aliphatic rings. The Kier molecular flexibility index (Phi) is 4.89. The lowest BCUT2D eigenvalue weighted by molar-refractivity contribution is -0.142. The highest BCUT2D eigenvalue weighted by atomic mass is 35.5. The lowest BCUT2D eigenvalue weighted by atomic mass is 9.95. The van der Waals surface area contributed by atoms with Crippen LogP contribution in [-0.2, 0) is 9.59 Å². The summed E-state index contributed by atoms with van der Waals surface area (Å²) in [6, 6.07) is 4.65. The third-order valence-electron chi connectivity index (χ3n) is 3.47. The molecule has 1 aromatic carbocycles. The Labute approximate surface area is 127 Å². The van der Waals surface area contributed by atoms with Crippen LogP contribution < -0.4 is 0 Å². The average Bonchev–Trinajstić information content (AvgIpc) is 2.90. The number of carboxylic acid groups (broad SMARTS) is 1. The third-order valence-corrected chi connectivity index (χ3v) is 4.04. The van der Waals surface area contributed by atoms with E-state index in [1.807, 2.05) is 0 Å². The van der Waals surface area contributed by atoms with Crippen molar-refractivity contribution < 1.29 is 14.7 Å². The van der Waals surface area contributed by atoms with Gasteiger partial charge in [-0.2, -0.15) is 0 Å². The number of carbonyl (C=O) groups excluding carboxylic acids is 1. The fourth-order valence-electron chi connectivity index (χ4n) is 2.38. The number of nitrogens with zero attached hydrogens (tertiary/aromatic N) is 1. The van der Waals surface area contributed by atoms with Crippen LogP contribution in [0.5, 0.6) is 0 Å². The maximum Gasteiger partial charge on any atom is 0.311 e. The maximum absolute atomic E-state index is 12.1. The Balaban J connectivity index is 2.18. The normalized spacial score (nSPS) is 16.2. The van der Waals surface area contributed by atoms with Gasteiger partial charge in [0.1, 0.15) is 0 Å². The largest absolute Gasteiger partial charge is 0.481 e. The van der Waals surface area contributed by atoms with Crippen LogP contribution in [-0.4, -0.2) is 35.0 Å². The molecule has 20 heavy (non-hydrogen) atoms. The Morgan fingerprint density at radius 1 is 1.25 bits per heavy atom. The van der Waals surface area contributed by atoms with Gasteiger partial charge >= 0.3 is 5.97 Å². The minimum atomic E-state index is -1.05. The Morgan fingerprint density at radius 3 is 2.45 bits per heavy atom. The van der Waals surface area contributed by atoms with Crippen LogP contribution in [0.1, 0.15) is 30.7 Å². The van der Waals surface area contributed by atoms with E-state index < -0.39 is 11.9 Å². The molecule has 0 saturated carbocycles. The molecule has 2 rings (SSSR count). The molecule has 1 unspecified atom stereocenters. The molecule has 0 bridgehead atoms. The van der Waals surface area contributed by atoms with E-state index >= 15 is 0 Å². The molecule has 1 N–H and O–H groups in total. The van der Waals surface area contributed by atoms with E-state index in [1.165, 1.54) is 6.07 Å². The molecule has 0 spiro atoms. The molecule has 6 heteroatoms. The number of carboxylic acids is 1. The van der Waals surface area contributed by atoms with Crippen LogP contribution in [0.4, 0.5) is 0 Å². The quantitative estimate of drug-likeness (QED) is 0.928. The van der Waals surface area contributed by atoms with Gasteiger partial charge in [-0.25, -0.2) is 0 Å². The zero-order chi connectivity index (χ0) is 14.7. The van der Waals surface area contributed by atoms with Gasteiger partial charge in [0.15, 0.2) is 0 Å². The summed E-state index contributed by atoms with van der Waals surface area (Å²) in [5.41, 5.74) is 0.427. The standard InChI is InChI=1S/C14H15Cl2NO3/c15-9-3-4-10(12(16)7-9)11(14(19)20)8-13(18)17-5-1-2-6-17/h3-4,7,11H,1-2,5-6,8H2,(H,19,20). The summed E-state index contributed by atoms with van der Waals surface area (Å²) in [6.07, 6.45) is 1.88. The minimum Gasteiger partial charge on any atom is -0.481 e. The van der Waals surface area contributed by atoms with Crippen molar-refractivity contribution >= 4 is 35.1 Å². The lowest BCUT2D eigenvalue weighted by Gasteiger charge is -2.19. The van der Waals surface area contributed by atoms with Crippen molar-refractivity contribution in [3.63, 3.8) is 0 Å². The van der Waals surface area contributed by atoms with Crippen LogP contribution in [0.25, 0.3) is 0 Å². The molecule has 0 radical (unpaired) electrons. The van der Waals surface area contributed by atoms with Gasteiger partial charge in [-0.3, -0.25) is 9.59 Å². The lowest BCUT2D eigenvalue weighted by Crippen LogP contribution is -2.30. The van der Waals surface area contributed by atoms with E-state index in [1.54, 1.807) is 17.0 Å². The molecular formula is C14H15Cl2NO3. The minimum absolute atomic E-state index is 0.0727. The summed E-state index contributed by atoms with van der Waals surface area (Å²) in [6.45, 7) is 1.42. The van der Waals surface area contributed by atoms with Crippen molar-refractivity contribution in [2.75, 3.05) is 13.1 Å². The van der Waals surface area contributed by atoms with E-state index in [4.69, 9.17) is 23.2 Å². The smallest absolute Gasteiger partial charge is 0.311 e. The highest BCUT2D eigenvalue weighted by Gasteiger charge is 2.28. The van der Waals surface area contributed by atoms with E-state index in [9.17, 15) is 14.7 Å². The van der Waals surface area contributed by atoms with Gasteiger partial charge < -0.3 is 10.0 Å². The van der Waals surface area contributed by atoms with E-state index in [0.717, 1.165) is 12.8 Å². The second-order valence-corrected chi connectivity index (χ2v) is 5.69. The number of aliphatic carboxylic acids is 1. The summed E-state index contributed by atoms with van der Waals surface area (Å²) in [5.74, 6) is -2.13. The Bertz CT molecular complexity index is 527. The van der Waals surface area contributed by atoms with Gasteiger partial charge in [-0.1, -0.05) is 29.3 Å². The molecule has 1 fully saturated rings. The Hall–Kier alpha value is -1.26. The SMILES string of the molecule is O=C(O)C(CC(=O)N1CCCC1)c1ccc(Cl)cc1Cl. The molecule has 1 saturated heterocycles. The number of rotatable bonds is 4. The van der Waals surface area contributed by atoms with Crippen molar-refractivity contribution in [1.82, 2.24) is 4.90 Å². The molecule has 4 nitrogen and oxygen atoms in total. The molecule has 108 valence electrons. The van der Waals surface area contributed by atoms with Gasteiger partial charge in [0.2, 0.25) is 5.91 Å². The van der Waals surface area contributed by atoms with Gasteiger partial charge in [-0.15, -0.1) is 0 Å². The first kappa shape index (κ1) is 15.1. The van der Waals surface area contributed by atoms with Crippen molar-refractivity contribution in [2.24, 2.45) is 0 Å². The number of amides is 1. The van der Waals surface area contributed by atoms with E-state index in [2.05, 4.69) is 0 Å². The van der Waals surface area contributed by atoms with Gasteiger partial charge in [0.05, 0.1) is 5.92 Å². The molecule has 1 aliphatic heterocycles. The zero-order valence-electron chi connectivity index (χ0n) is 10.8. The summed E-state index contributed by atoms with van der Waals surface area (Å²) >= 11 is 11.8. The molecule has 0 aliphatic carbocycles. The maximum atomic E-state index is 12.1. The van der Waals surface area contributed by atoms with Crippen molar-refractivity contribution in [3.8, 4) is 0 Å². The predicted molar refractivity (Wildman–Crippen MR) is 77.3 cm³/mol. The second-order valence-electron chi connectivity index (χ2n) is 4.85. The average molecular weight is 316 g/mol. The topological polar surface area (TPSA) is 57.6 Å². The number of hydrogen-bond donors (Lipinski definition) is 1. The first-order chi connectivity index (χ1) is 9.49. The first-order valence-corrected chi connectivity index (χ1v) is 7.20. The van der Waals surface area contributed by atoms with Gasteiger partial charge in [0, 0.05) is 29.6 Å². The van der Waals surface area contributed by atoms with E-state index in [0.29, 0.717) is 23.7 Å². The van der Waals surface area contributed by atoms with Crippen molar-refractivity contribution in [3.05, 3.63) is 33.8 Å². The number of hydrogen-bond acceptors (Lipinski definition) is 2. The molecule has 1 aromatic rings. The van der Waals surface area contributed by atoms with Crippen LogP contribution in [0.15, 0.2) is 18.2 Å². The van der Waals surface area contributed by atoms with Crippen molar-refractivity contribution in [1.29, 1.82) is 0 Å². The van der Waals surface area contributed by atoms with Crippen LogP contribution in [0, 0.1) is 0 Å². The Morgan fingerprint density at radius 2 is 1.90 bits per heavy atom. The summed E-state index contributed by atoms with van der Waals surface area (Å²) in [5, 5.41) is 10.1. The summed E-state index contributed by atoms with van der Waals surface area (Å²) in [7, 11) is 0. The molecule has 0 aromatic heterocycles. The van der Waals surface area contributed by atoms with Gasteiger partial charge in [-0.05, 0) is 30.5 Å². The van der Waals surface area contributed by atoms with E-state index in [-0.39, 0.29) is 17.4 Å². The molecular weight excluding hydrogens is 301 g/mol. The second kappa shape index (κ2) is 6.46. The molecule has 1 atom stereocenters.